The number of carboxylic acids is 1. The number of nitrogens with zero attached hydrogens (tertiary/aromatic N) is 3. The highest BCUT2D eigenvalue weighted by Crippen LogP contribution is 2.32. The minimum absolute atomic E-state index is 0.0216. The van der Waals surface area contributed by atoms with Crippen LogP contribution in [0.15, 0.2) is 29.4 Å². The van der Waals surface area contributed by atoms with Gasteiger partial charge in [-0.3, -0.25) is 14.4 Å². The number of amides is 2. The van der Waals surface area contributed by atoms with Crippen molar-refractivity contribution < 1.29 is 28.6 Å². The van der Waals surface area contributed by atoms with Crippen LogP contribution in [0.4, 0.5) is 4.39 Å². The molecule has 1 N–H and O–H groups in total. The third-order valence-electron chi connectivity index (χ3n) is 5.11. The van der Waals surface area contributed by atoms with Crippen molar-refractivity contribution in [2.45, 2.75) is 25.8 Å². The lowest BCUT2D eigenvalue weighted by molar-refractivity contribution is -0.151. The minimum atomic E-state index is -1.12. The monoisotopic (exact) mass is 391 g/mol. The average molecular weight is 391 g/mol. The van der Waals surface area contributed by atoms with Crippen molar-refractivity contribution in [2.24, 2.45) is 10.5 Å². The second-order valence-corrected chi connectivity index (χ2v) is 7.12. The lowest BCUT2D eigenvalue weighted by atomic mass is 9.88. The molecule has 1 fully saturated rings. The Morgan fingerprint density at radius 3 is 2.64 bits per heavy atom. The summed E-state index contributed by atoms with van der Waals surface area (Å²) in [7, 11) is 1.43. The number of carbonyl (C=O) groups excluding carboxylic acids is 2. The van der Waals surface area contributed by atoms with Crippen LogP contribution in [0.2, 0.25) is 0 Å². The van der Waals surface area contributed by atoms with Crippen LogP contribution in [-0.4, -0.2) is 65.3 Å². The number of hydrazone groups is 1. The molecule has 28 heavy (non-hydrogen) atoms. The van der Waals surface area contributed by atoms with Gasteiger partial charge in [0.15, 0.2) is 0 Å². The van der Waals surface area contributed by atoms with Crippen LogP contribution in [0.3, 0.4) is 0 Å². The van der Waals surface area contributed by atoms with Gasteiger partial charge >= 0.3 is 5.97 Å². The van der Waals surface area contributed by atoms with Crippen molar-refractivity contribution in [3.05, 3.63) is 35.6 Å². The maximum atomic E-state index is 13.0. The molecule has 0 aromatic heterocycles. The second kappa shape index (κ2) is 8.05. The van der Waals surface area contributed by atoms with E-state index >= 15 is 0 Å². The Morgan fingerprint density at radius 2 is 2.00 bits per heavy atom. The van der Waals surface area contributed by atoms with Gasteiger partial charge in [0.2, 0.25) is 5.91 Å². The Kier molecular flexibility index (Phi) is 5.73. The van der Waals surface area contributed by atoms with Crippen molar-refractivity contribution >= 4 is 23.5 Å². The summed E-state index contributed by atoms with van der Waals surface area (Å²) < 4.78 is 18.1. The first-order valence-corrected chi connectivity index (χ1v) is 8.98. The number of carbonyl (C=O) groups is 3. The molecule has 1 saturated heterocycles. The van der Waals surface area contributed by atoms with E-state index in [9.17, 15) is 23.9 Å². The molecule has 8 nitrogen and oxygen atoms in total. The number of rotatable bonds is 6. The van der Waals surface area contributed by atoms with E-state index in [1.165, 1.54) is 29.2 Å². The minimum Gasteiger partial charge on any atom is -0.481 e. The summed E-state index contributed by atoms with van der Waals surface area (Å²) in [6.07, 6.45) is 0.646. The Bertz CT molecular complexity index is 810. The fraction of sp³-hybridized carbons (Fsp3) is 0.474. The van der Waals surface area contributed by atoms with Crippen LogP contribution in [-0.2, 0) is 25.7 Å². The summed E-state index contributed by atoms with van der Waals surface area (Å²) in [6, 6.07) is 5.71. The number of hydrogen-bond acceptors (Lipinski definition) is 5. The molecule has 2 aliphatic heterocycles. The molecule has 1 aromatic carbocycles. The van der Waals surface area contributed by atoms with E-state index in [1.807, 2.05) is 0 Å². The molecule has 3 rings (SSSR count). The van der Waals surface area contributed by atoms with E-state index in [2.05, 4.69) is 5.10 Å². The van der Waals surface area contributed by atoms with Crippen molar-refractivity contribution in [2.75, 3.05) is 26.8 Å². The molecule has 2 amide bonds. The number of benzene rings is 1. The smallest absolute Gasteiger partial charge is 0.313 e. The first-order valence-electron chi connectivity index (χ1n) is 8.98. The number of halogens is 1. The summed E-state index contributed by atoms with van der Waals surface area (Å²) in [5.41, 5.74) is -0.206. The molecular weight excluding hydrogens is 369 g/mol. The lowest BCUT2D eigenvalue weighted by Gasteiger charge is -2.27. The highest BCUT2D eigenvalue weighted by molar-refractivity contribution is 6.39. The molecule has 0 saturated carbocycles. The van der Waals surface area contributed by atoms with Gasteiger partial charge in [0, 0.05) is 33.0 Å². The zero-order valence-corrected chi connectivity index (χ0v) is 15.6. The first kappa shape index (κ1) is 19.9. The second-order valence-electron chi connectivity index (χ2n) is 7.12. The molecule has 1 atom stereocenters. The van der Waals surface area contributed by atoms with Gasteiger partial charge in [-0.15, -0.1) is 0 Å². The molecule has 0 bridgehead atoms. The third kappa shape index (κ3) is 4.04. The Labute approximate surface area is 161 Å². The summed E-state index contributed by atoms with van der Waals surface area (Å²) in [5.74, 6) is -1.96. The standard InChI is InChI=1S/C19H22FN3O5/c1-28-12-19(18(26)27)8-9-22(11-19)17(25)15-6-7-16(24)23(21-15)10-13-2-4-14(20)5-3-13/h2-5H,6-12H2,1H3,(H,26,27). The van der Waals surface area contributed by atoms with Gasteiger partial charge in [0.05, 0.1) is 13.2 Å². The largest absolute Gasteiger partial charge is 0.481 e. The van der Waals surface area contributed by atoms with Crippen molar-refractivity contribution in [3.63, 3.8) is 0 Å². The molecule has 2 heterocycles. The maximum Gasteiger partial charge on any atom is 0.313 e. The zero-order valence-electron chi connectivity index (χ0n) is 15.6. The molecular formula is C19H22FN3O5. The Hall–Kier alpha value is -2.81. The van der Waals surface area contributed by atoms with Crippen LogP contribution < -0.4 is 0 Å². The fourth-order valence-electron chi connectivity index (χ4n) is 3.50. The number of carboxylic acid groups (broad SMARTS) is 1. The summed E-state index contributed by atoms with van der Waals surface area (Å²) in [4.78, 5) is 38.1. The number of ether oxygens (including phenoxy) is 1. The Morgan fingerprint density at radius 1 is 1.29 bits per heavy atom. The number of likely N-dealkylation sites (tertiary alicyclic amines) is 1. The SMILES string of the molecule is COCC1(C(=O)O)CCN(C(=O)C2=NN(Cc3ccc(F)cc3)C(=O)CC2)C1. The van der Waals surface area contributed by atoms with Gasteiger partial charge in [-0.2, -0.15) is 5.10 Å². The highest BCUT2D eigenvalue weighted by atomic mass is 19.1. The van der Waals surface area contributed by atoms with Gasteiger partial charge in [0.25, 0.3) is 5.91 Å². The normalized spacial score (nSPS) is 22.4. The van der Waals surface area contributed by atoms with E-state index in [0.717, 1.165) is 0 Å². The van der Waals surface area contributed by atoms with Gasteiger partial charge < -0.3 is 14.7 Å². The van der Waals surface area contributed by atoms with Crippen molar-refractivity contribution in [1.82, 2.24) is 9.91 Å². The zero-order chi connectivity index (χ0) is 20.3. The fourth-order valence-corrected chi connectivity index (χ4v) is 3.50. The topological polar surface area (TPSA) is 99.5 Å². The van der Waals surface area contributed by atoms with Crippen molar-refractivity contribution in [1.29, 1.82) is 0 Å². The van der Waals surface area contributed by atoms with Gasteiger partial charge in [0.1, 0.15) is 16.9 Å². The summed E-state index contributed by atoms with van der Waals surface area (Å²) in [5, 5.41) is 14.9. The third-order valence-corrected chi connectivity index (χ3v) is 5.11. The average Bonchev–Trinajstić information content (AvgIpc) is 3.11. The summed E-state index contributed by atoms with van der Waals surface area (Å²) >= 11 is 0. The van der Waals surface area contributed by atoms with Crippen LogP contribution in [0.25, 0.3) is 0 Å². The van der Waals surface area contributed by atoms with Crippen LogP contribution in [0, 0.1) is 11.2 Å². The highest BCUT2D eigenvalue weighted by Gasteiger charge is 2.47. The van der Waals surface area contributed by atoms with E-state index in [4.69, 9.17) is 4.74 Å². The first-order chi connectivity index (χ1) is 13.3. The van der Waals surface area contributed by atoms with Gasteiger partial charge in [-0.1, -0.05) is 12.1 Å². The predicted octanol–water partition coefficient (Wildman–Crippen LogP) is 1.25. The van der Waals surface area contributed by atoms with E-state index in [0.29, 0.717) is 18.5 Å². The summed E-state index contributed by atoms with van der Waals surface area (Å²) in [6.45, 7) is 0.492. The predicted molar refractivity (Wildman–Crippen MR) is 96.8 cm³/mol. The maximum absolute atomic E-state index is 13.0. The van der Waals surface area contributed by atoms with Gasteiger partial charge in [-0.25, -0.2) is 9.40 Å². The molecule has 0 spiro atoms. The lowest BCUT2D eigenvalue weighted by Crippen LogP contribution is -2.43. The molecule has 9 heteroatoms. The quantitative estimate of drug-likeness (QED) is 0.787. The number of aliphatic carboxylic acids is 1. The van der Waals surface area contributed by atoms with Crippen LogP contribution in [0.5, 0.6) is 0 Å². The van der Waals surface area contributed by atoms with E-state index in [1.54, 1.807) is 12.1 Å². The molecule has 0 radical (unpaired) electrons. The van der Waals surface area contributed by atoms with Crippen LogP contribution in [0.1, 0.15) is 24.8 Å². The van der Waals surface area contributed by atoms with Gasteiger partial charge in [-0.05, 0) is 24.1 Å². The van der Waals surface area contributed by atoms with Crippen molar-refractivity contribution in [3.8, 4) is 0 Å². The van der Waals surface area contributed by atoms with E-state index in [-0.39, 0.29) is 55.9 Å². The molecule has 150 valence electrons. The molecule has 2 aliphatic rings. The molecule has 0 aliphatic carbocycles. The number of methoxy groups -OCH3 is 1. The number of hydrogen-bond donors (Lipinski definition) is 1. The molecule has 1 unspecified atom stereocenters. The van der Waals surface area contributed by atoms with Crippen LogP contribution >= 0.6 is 0 Å². The van der Waals surface area contributed by atoms with E-state index < -0.39 is 11.4 Å². The Balaban J connectivity index is 1.73. The molecule has 1 aromatic rings.